The van der Waals surface area contributed by atoms with Crippen LogP contribution in [0.25, 0.3) is 16.7 Å². The molecular formula is C25H26N8O3. The number of aromatic nitrogens is 5. The van der Waals surface area contributed by atoms with E-state index in [1.54, 1.807) is 33.9 Å². The van der Waals surface area contributed by atoms with Crippen molar-refractivity contribution in [3.63, 3.8) is 0 Å². The molecule has 184 valence electrons. The van der Waals surface area contributed by atoms with Crippen molar-refractivity contribution in [3.8, 4) is 5.69 Å². The van der Waals surface area contributed by atoms with Crippen LogP contribution >= 0.6 is 0 Å². The zero-order valence-corrected chi connectivity index (χ0v) is 20.1. The van der Waals surface area contributed by atoms with E-state index in [1.165, 1.54) is 16.0 Å². The number of pyridine rings is 1. The molecule has 0 saturated carbocycles. The van der Waals surface area contributed by atoms with Gasteiger partial charge in [-0.05, 0) is 56.1 Å². The lowest BCUT2D eigenvalue weighted by Crippen LogP contribution is -2.26. The van der Waals surface area contributed by atoms with Gasteiger partial charge in [0.25, 0.3) is 5.56 Å². The SMILES string of the molecule is CC(C)n1c(=O)c2cnc(Nc3ccc4c(c3)CNCC4)nc2n1-c1ccnc(N2CCOC2=O)c1. The van der Waals surface area contributed by atoms with Crippen LogP contribution in [0.4, 0.5) is 22.2 Å². The van der Waals surface area contributed by atoms with E-state index < -0.39 is 6.09 Å². The Morgan fingerprint density at radius 1 is 1.11 bits per heavy atom. The number of carbonyl (C=O) groups excluding carboxylic acids is 1. The number of carbonyl (C=O) groups is 1. The average molecular weight is 487 g/mol. The topological polar surface area (TPSA) is 119 Å². The van der Waals surface area contributed by atoms with Crippen LogP contribution in [0.15, 0.2) is 47.5 Å². The first-order chi connectivity index (χ1) is 17.5. The van der Waals surface area contributed by atoms with Gasteiger partial charge in [-0.25, -0.2) is 24.1 Å². The Balaban J connectivity index is 1.44. The quantitative estimate of drug-likeness (QED) is 0.442. The van der Waals surface area contributed by atoms with Crippen molar-refractivity contribution < 1.29 is 9.53 Å². The molecule has 6 rings (SSSR count). The van der Waals surface area contributed by atoms with Crippen LogP contribution in [-0.2, 0) is 17.7 Å². The zero-order chi connectivity index (χ0) is 24.8. The second-order valence-electron chi connectivity index (χ2n) is 9.16. The summed E-state index contributed by atoms with van der Waals surface area (Å²) in [5.41, 5.74) is 4.41. The molecule has 0 bridgehead atoms. The van der Waals surface area contributed by atoms with Crippen LogP contribution in [-0.4, -0.2) is 50.1 Å². The fourth-order valence-electron chi connectivity index (χ4n) is 4.75. The summed E-state index contributed by atoms with van der Waals surface area (Å²) < 4.78 is 8.46. The number of nitrogens with one attached hydrogen (secondary N) is 2. The van der Waals surface area contributed by atoms with Crippen LogP contribution < -0.4 is 21.1 Å². The molecule has 11 heteroatoms. The predicted octanol–water partition coefficient (Wildman–Crippen LogP) is 2.90. The number of anilines is 3. The maximum Gasteiger partial charge on any atom is 0.415 e. The smallest absolute Gasteiger partial charge is 0.415 e. The number of ether oxygens (including phenoxy) is 1. The summed E-state index contributed by atoms with van der Waals surface area (Å²) in [6.07, 6.45) is 3.74. The normalized spacial score (nSPS) is 15.4. The van der Waals surface area contributed by atoms with E-state index in [-0.39, 0.29) is 11.6 Å². The molecule has 5 heterocycles. The first kappa shape index (κ1) is 22.2. The fraction of sp³-hybridized carbons (Fsp3) is 0.320. The number of rotatable bonds is 5. The number of hydrogen-bond acceptors (Lipinski definition) is 8. The lowest BCUT2D eigenvalue weighted by molar-refractivity contribution is 0.181. The van der Waals surface area contributed by atoms with Gasteiger partial charge >= 0.3 is 6.09 Å². The summed E-state index contributed by atoms with van der Waals surface area (Å²) in [6.45, 7) is 6.42. The van der Waals surface area contributed by atoms with Gasteiger partial charge in [0.1, 0.15) is 17.8 Å². The van der Waals surface area contributed by atoms with Crippen molar-refractivity contribution in [2.24, 2.45) is 0 Å². The van der Waals surface area contributed by atoms with Gasteiger partial charge in [-0.15, -0.1) is 0 Å². The highest BCUT2D eigenvalue weighted by molar-refractivity contribution is 5.88. The van der Waals surface area contributed by atoms with E-state index in [4.69, 9.17) is 9.72 Å². The number of cyclic esters (lactones) is 1. The summed E-state index contributed by atoms with van der Waals surface area (Å²) in [4.78, 5) is 40.4. The first-order valence-corrected chi connectivity index (χ1v) is 12.0. The van der Waals surface area contributed by atoms with Crippen molar-refractivity contribution in [2.45, 2.75) is 32.9 Å². The Morgan fingerprint density at radius 3 is 2.81 bits per heavy atom. The largest absolute Gasteiger partial charge is 0.447 e. The molecule has 0 aliphatic carbocycles. The van der Waals surface area contributed by atoms with Gasteiger partial charge in [0, 0.05) is 36.7 Å². The lowest BCUT2D eigenvalue weighted by Gasteiger charge is -2.18. The zero-order valence-electron chi connectivity index (χ0n) is 20.1. The first-order valence-electron chi connectivity index (χ1n) is 12.0. The van der Waals surface area contributed by atoms with Gasteiger partial charge in [0.05, 0.1) is 12.2 Å². The van der Waals surface area contributed by atoms with E-state index in [1.807, 2.05) is 19.9 Å². The van der Waals surface area contributed by atoms with Crippen LogP contribution in [0.1, 0.15) is 31.0 Å². The van der Waals surface area contributed by atoms with E-state index in [2.05, 4.69) is 32.7 Å². The van der Waals surface area contributed by atoms with Crippen LogP contribution in [0.2, 0.25) is 0 Å². The number of fused-ring (bicyclic) bond motifs is 2. The summed E-state index contributed by atoms with van der Waals surface area (Å²) in [5.74, 6) is 0.841. The fourth-order valence-corrected chi connectivity index (χ4v) is 4.75. The second-order valence-corrected chi connectivity index (χ2v) is 9.16. The van der Waals surface area contributed by atoms with Crippen molar-refractivity contribution in [3.05, 3.63) is 64.2 Å². The molecule has 2 N–H and O–H groups in total. The Bertz CT molecular complexity index is 1540. The van der Waals surface area contributed by atoms with Gasteiger partial charge in [-0.1, -0.05) is 6.07 Å². The molecule has 1 aromatic carbocycles. The summed E-state index contributed by atoms with van der Waals surface area (Å²) >= 11 is 0. The minimum atomic E-state index is -0.438. The highest BCUT2D eigenvalue weighted by Crippen LogP contribution is 2.25. The molecule has 0 unspecified atom stereocenters. The van der Waals surface area contributed by atoms with E-state index in [0.29, 0.717) is 41.6 Å². The molecule has 11 nitrogen and oxygen atoms in total. The number of hydrogen-bond donors (Lipinski definition) is 2. The molecule has 2 aliphatic heterocycles. The molecule has 2 aliphatic rings. The third-order valence-electron chi connectivity index (χ3n) is 6.47. The average Bonchev–Trinajstić information content (AvgIpc) is 3.44. The Labute approximate surface area is 206 Å². The van der Waals surface area contributed by atoms with E-state index >= 15 is 0 Å². The van der Waals surface area contributed by atoms with Gasteiger partial charge in [-0.2, -0.15) is 4.98 Å². The Morgan fingerprint density at radius 2 is 2.00 bits per heavy atom. The summed E-state index contributed by atoms with van der Waals surface area (Å²) in [6, 6.07) is 9.65. The van der Waals surface area contributed by atoms with Gasteiger partial charge in [-0.3, -0.25) is 9.69 Å². The lowest BCUT2D eigenvalue weighted by atomic mass is 10.0. The van der Waals surface area contributed by atoms with Gasteiger partial charge < -0.3 is 15.4 Å². The Hall–Kier alpha value is -4.25. The van der Waals surface area contributed by atoms with Crippen LogP contribution in [0.3, 0.4) is 0 Å². The van der Waals surface area contributed by atoms with Gasteiger partial charge in [0.15, 0.2) is 5.65 Å². The third kappa shape index (κ3) is 3.77. The maximum atomic E-state index is 13.3. The van der Waals surface area contributed by atoms with E-state index in [9.17, 15) is 9.59 Å². The number of nitrogens with zero attached hydrogens (tertiary/aromatic N) is 6. The number of benzene rings is 1. The molecule has 1 amide bonds. The minimum Gasteiger partial charge on any atom is -0.447 e. The van der Waals surface area contributed by atoms with Crippen LogP contribution in [0.5, 0.6) is 0 Å². The standard InChI is InChI=1S/C25H26N8O3/c1-15(2)32-23(34)20-14-28-24(29-18-4-3-16-5-7-26-13-17(16)11-18)30-22(20)33(32)19-6-8-27-21(12-19)31-9-10-36-25(31)35/h3-4,6,8,11-12,14-15,26H,5,7,9-10,13H2,1-2H3,(H,28,29,30). The molecule has 36 heavy (non-hydrogen) atoms. The molecule has 0 radical (unpaired) electrons. The van der Waals surface area contributed by atoms with E-state index in [0.717, 1.165) is 25.2 Å². The van der Waals surface area contributed by atoms with Crippen molar-refractivity contribution in [2.75, 3.05) is 29.9 Å². The minimum absolute atomic E-state index is 0.148. The van der Waals surface area contributed by atoms with Crippen molar-refractivity contribution >= 4 is 34.6 Å². The van der Waals surface area contributed by atoms with Crippen molar-refractivity contribution in [1.82, 2.24) is 29.6 Å². The molecule has 0 spiro atoms. The Kier molecular flexibility index (Phi) is 5.41. The number of amides is 1. The van der Waals surface area contributed by atoms with Crippen LogP contribution in [0, 0.1) is 0 Å². The van der Waals surface area contributed by atoms with Gasteiger partial charge in [0.2, 0.25) is 5.95 Å². The molecule has 3 aromatic heterocycles. The monoisotopic (exact) mass is 486 g/mol. The highest BCUT2D eigenvalue weighted by Gasteiger charge is 2.26. The molecule has 0 atom stereocenters. The second kappa shape index (κ2) is 8.76. The third-order valence-corrected chi connectivity index (χ3v) is 6.47. The van der Waals surface area contributed by atoms with Crippen molar-refractivity contribution in [1.29, 1.82) is 0 Å². The molecular weight excluding hydrogens is 460 g/mol. The molecule has 1 saturated heterocycles. The molecule has 4 aromatic rings. The predicted molar refractivity (Wildman–Crippen MR) is 135 cm³/mol. The maximum absolute atomic E-state index is 13.3. The summed E-state index contributed by atoms with van der Waals surface area (Å²) in [5, 5.41) is 7.09. The molecule has 1 fully saturated rings. The highest BCUT2D eigenvalue weighted by atomic mass is 16.6. The summed E-state index contributed by atoms with van der Waals surface area (Å²) in [7, 11) is 0.